The second-order valence-corrected chi connectivity index (χ2v) is 10.7. The lowest BCUT2D eigenvalue weighted by Gasteiger charge is -2.30. The van der Waals surface area contributed by atoms with Crippen LogP contribution in [0.4, 0.5) is 5.82 Å². The molecular formula is C27H25N5O3S. The van der Waals surface area contributed by atoms with Gasteiger partial charge >= 0.3 is 0 Å². The van der Waals surface area contributed by atoms with Crippen molar-refractivity contribution < 1.29 is 13.2 Å². The molecule has 0 radical (unpaired) electrons. The number of sulfonamides is 1. The number of fused-ring (bicyclic) bond motifs is 1. The van der Waals surface area contributed by atoms with Crippen molar-refractivity contribution in [2.75, 3.05) is 18.4 Å². The van der Waals surface area contributed by atoms with Crippen molar-refractivity contribution in [3.8, 4) is 17.3 Å². The van der Waals surface area contributed by atoms with Gasteiger partial charge in [-0.3, -0.25) is 9.20 Å². The van der Waals surface area contributed by atoms with Crippen LogP contribution in [-0.4, -0.2) is 41.1 Å². The maximum Gasteiger partial charge on any atom is 0.244 e. The van der Waals surface area contributed by atoms with Crippen molar-refractivity contribution in [3.05, 3.63) is 84.1 Å². The zero-order valence-corrected chi connectivity index (χ0v) is 20.6. The number of benzene rings is 2. The van der Waals surface area contributed by atoms with Crippen molar-refractivity contribution in [2.24, 2.45) is 5.92 Å². The first kappa shape index (κ1) is 23.7. The summed E-state index contributed by atoms with van der Waals surface area (Å²) in [6, 6.07) is 21.7. The van der Waals surface area contributed by atoms with Gasteiger partial charge < -0.3 is 5.32 Å². The maximum atomic E-state index is 13.3. The number of aromatic nitrogens is 2. The molecule has 1 saturated heterocycles. The summed E-state index contributed by atoms with van der Waals surface area (Å²) in [5.41, 5.74) is 3.46. The summed E-state index contributed by atoms with van der Waals surface area (Å²) in [6.07, 6.45) is 2.64. The molecule has 0 saturated carbocycles. The van der Waals surface area contributed by atoms with Crippen molar-refractivity contribution in [3.63, 3.8) is 0 Å². The molecule has 8 nitrogen and oxygen atoms in total. The van der Waals surface area contributed by atoms with E-state index in [-0.39, 0.29) is 35.4 Å². The standard InChI is InChI=1S/C27H25N5O3S/c1-19-8-7-15-32-25(19)29-24(20-9-3-2-4-10-20)26(32)30-27(33)21-13-16-31(17-14-21)36(34,35)23-12-6-5-11-22(23)18-28/h2-12,15,21H,13-14,16-17H2,1H3,(H,30,33). The molecule has 1 amide bonds. The van der Waals surface area contributed by atoms with Crippen LogP contribution in [0.2, 0.25) is 0 Å². The van der Waals surface area contributed by atoms with E-state index in [1.807, 2.05) is 66.1 Å². The molecule has 9 heteroatoms. The van der Waals surface area contributed by atoms with Crippen LogP contribution < -0.4 is 5.32 Å². The van der Waals surface area contributed by atoms with E-state index in [4.69, 9.17) is 4.98 Å². The van der Waals surface area contributed by atoms with Gasteiger partial charge in [0.25, 0.3) is 0 Å². The normalized spacial score (nSPS) is 15.0. The Morgan fingerprint density at radius 3 is 2.44 bits per heavy atom. The first-order valence-corrected chi connectivity index (χ1v) is 13.2. The minimum absolute atomic E-state index is 0.00371. The lowest BCUT2D eigenvalue weighted by atomic mass is 9.97. The van der Waals surface area contributed by atoms with Gasteiger partial charge in [0, 0.05) is 30.8 Å². The van der Waals surface area contributed by atoms with Crippen LogP contribution in [0, 0.1) is 24.2 Å². The second kappa shape index (κ2) is 9.57. The molecule has 1 aliphatic rings. The molecule has 0 atom stereocenters. The van der Waals surface area contributed by atoms with E-state index in [0.29, 0.717) is 24.4 Å². The predicted octanol–water partition coefficient (Wildman–Crippen LogP) is 4.22. The Balaban J connectivity index is 1.37. The Bertz CT molecular complexity index is 1580. The fourth-order valence-electron chi connectivity index (χ4n) is 4.62. The molecule has 182 valence electrons. The summed E-state index contributed by atoms with van der Waals surface area (Å²) in [4.78, 5) is 18.2. The number of carbonyl (C=O) groups is 1. The molecule has 5 rings (SSSR count). The first-order valence-electron chi connectivity index (χ1n) is 11.7. The SMILES string of the molecule is Cc1cccn2c(NC(=O)C3CCN(S(=O)(=O)c4ccccc4C#N)CC3)c(-c3ccccc3)nc12. The van der Waals surface area contributed by atoms with E-state index in [9.17, 15) is 18.5 Å². The van der Waals surface area contributed by atoms with Gasteiger partial charge in [-0.2, -0.15) is 9.57 Å². The van der Waals surface area contributed by atoms with Gasteiger partial charge in [-0.25, -0.2) is 13.4 Å². The van der Waals surface area contributed by atoms with E-state index >= 15 is 0 Å². The molecule has 1 N–H and O–H groups in total. The fourth-order valence-corrected chi connectivity index (χ4v) is 6.23. The number of nitrogens with one attached hydrogen (secondary N) is 1. The highest BCUT2D eigenvalue weighted by molar-refractivity contribution is 7.89. The molecule has 1 aliphatic heterocycles. The topological polar surface area (TPSA) is 108 Å². The highest BCUT2D eigenvalue weighted by Gasteiger charge is 2.34. The third-order valence-electron chi connectivity index (χ3n) is 6.58. The highest BCUT2D eigenvalue weighted by atomic mass is 32.2. The second-order valence-electron chi connectivity index (χ2n) is 8.84. The van der Waals surface area contributed by atoms with Crippen LogP contribution in [0.15, 0.2) is 77.8 Å². The van der Waals surface area contributed by atoms with Crippen LogP contribution in [0.1, 0.15) is 24.0 Å². The van der Waals surface area contributed by atoms with Gasteiger partial charge in [0.1, 0.15) is 23.2 Å². The molecular weight excluding hydrogens is 474 g/mol. The predicted molar refractivity (Wildman–Crippen MR) is 137 cm³/mol. The summed E-state index contributed by atoms with van der Waals surface area (Å²) in [6.45, 7) is 2.39. The van der Waals surface area contributed by atoms with Crippen molar-refractivity contribution in [1.29, 1.82) is 5.26 Å². The van der Waals surface area contributed by atoms with E-state index < -0.39 is 10.0 Å². The van der Waals surface area contributed by atoms with Crippen LogP contribution in [-0.2, 0) is 14.8 Å². The number of rotatable bonds is 5. The van der Waals surface area contributed by atoms with Gasteiger partial charge in [-0.1, -0.05) is 48.5 Å². The Labute approximate surface area is 209 Å². The molecule has 0 bridgehead atoms. The fraction of sp³-hybridized carbons (Fsp3) is 0.222. The minimum atomic E-state index is -3.82. The first-order chi connectivity index (χ1) is 17.4. The molecule has 2 aromatic carbocycles. The number of hydrogen-bond donors (Lipinski definition) is 1. The van der Waals surface area contributed by atoms with Gasteiger partial charge in [-0.05, 0) is 43.5 Å². The van der Waals surface area contributed by atoms with E-state index in [0.717, 1.165) is 16.8 Å². The molecule has 4 aromatic rings. The number of nitrogens with zero attached hydrogens (tertiary/aromatic N) is 4. The highest BCUT2D eigenvalue weighted by Crippen LogP contribution is 2.31. The molecule has 0 aliphatic carbocycles. The number of aryl methyl sites for hydroxylation is 1. The number of anilines is 1. The number of amides is 1. The average molecular weight is 500 g/mol. The Morgan fingerprint density at radius 2 is 1.72 bits per heavy atom. The quantitative estimate of drug-likeness (QED) is 0.442. The Kier molecular flexibility index (Phi) is 6.31. The lowest BCUT2D eigenvalue weighted by Crippen LogP contribution is -2.41. The summed E-state index contributed by atoms with van der Waals surface area (Å²) < 4.78 is 29.5. The Morgan fingerprint density at radius 1 is 1.03 bits per heavy atom. The summed E-state index contributed by atoms with van der Waals surface area (Å²) in [7, 11) is -3.82. The van der Waals surface area contributed by atoms with E-state index in [1.165, 1.54) is 16.4 Å². The molecule has 3 heterocycles. The largest absolute Gasteiger partial charge is 0.310 e. The third kappa shape index (κ3) is 4.26. The van der Waals surface area contributed by atoms with Crippen molar-refractivity contribution in [2.45, 2.75) is 24.7 Å². The summed E-state index contributed by atoms with van der Waals surface area (Å²) >= 11 is 0. The van der Waals surface area contributed by atoms with Gasteiger partial charge in [0.15, 0.2) is 0 Å². The van der Waals surface area contributed by atoms with E-state index in [1.54, 1.807) is 12.1 Å². The molecule has 0 spiro atoms. The number of nitriles is 1. The number of imidazole rings is 1. The number of pyridine rings is 1. The van der Waals surface area contributed by atoms with Crippen LogP contribution in [0.5, 0.6) is 0 Å². The lowest BCUT2D eigenvalue weighted by molar-refractivity contribution is -0.120. The van der Waals surface area contributed by atoms with Crippen LogP contribution in [0.25, 0.3) is 16.9 Å². The van der Waals surface area contributed by atoms with Gasteiger partial charge in [0.2, 0.25) is 15.9 Å². The summed E-state index contributed by atoms with van der Waals surface area (Å²) in [5.74, 6) is 0.0921. The zero-order valence-electron chi connectivity index (χ0n) is 19.8. The number of carbonyl (C=O) groups excluding carboxylic acids is 1. The smallest absolute Gasteiger partial charge is 0.244 e. The van der Waals surface area contributed by atoms with Crippen LogP contribution in [0.3, 0.4) is 0 Å². The zero-order chi connectivity index (χ0) is 25.3. The molecule has 0 unspecified atom stereocenters. The molecule has 1 fully saturated rings. The Hall–Kier alpha value is -4.00. The van der Waals surface area contributed by atoms with E-state index in [2.05, 4.69) is 5.32 Å². The van der Waals surface area contributed by atoms with Gasteiger partial charge in [-0.15, -0.1) is 0 Å². The third-order valence-corrected chi connectivity index (χ3v) is 8.54. The average Bonchev–Trinajstić information content (AvgIpc) is 3.28. The minimum Gasteiger partial charge on any atom is -0.310 e. The summed E-state index contributed by atoms with van der Waals surface area (Å²) in [5, 5.41) is 12.4. The number of hydrogen-bond acceptors (Lipinski definition) is 5. The monoisotopic (exact) mass is 499 g/mol. The number of piperidine rings is 1. The van der Waals surface area contributed by atoms with Gasteiger partial charge in [0.05, 0.1) is 10.5 Å². The van der Waals surface area contributed by atoms with Crippen molar-refractivity contribution in [1.82, 2.24) is 13.7 Å². The molecule has 2 aromatic heterocycles. The maximum absolute atomic E-state index is 13.3. The van der Waals surface area contributed by atoms with Crippen molar-refractivity contribution >= 4 is 27.4 Å². The molecule has 36 heavy (non-hydrogen) atoms. The van der Waals surface area contributed by atoms with Crippen LogP contribution >= 0.6 is 0 Å².